The number of carbonyl (C=O) groups is 2. The maximum atomic E-state index is 12.3. The van der Waals surface area contributed by atoms with Gasteiger partial charge in [0.05, 0.1) is 12.5 Å². The third kappa shape index (κ3) is 4.05. The molecule has 1 aromatic carbocycles. The SMILES string of the molecule is Cc1ccccc1[C@H](CC(=O)O)NC(=O)c1ccnc(Cl)c1. The van der Waals surface area contributed by atoms with Crippen LogP contribution >= 0.6 is 11.6 Å². The van der Waals surface area contributed by atoms with E-state index in [1.165, 1.54) is 18.3 Å². The Kier molecular flexibility index (Phi) is 5.12. The molecule has 114 valence electrons. The zero-order valence-electron chi connectivity index (χ0n) is 11.9. The summed E-state index contributed by atoms with van der Waals surface area (Å²) in [5, 5.41) is 12.0. The molecule has 0 saturated carbocycles. The first-order chi connectivity index (χ1) is 10.5. The highest BCUT2D eigenvalue weighted by molar-refractivity contribution is 6.29. The second-order valence-electron chi connectivity index (χ2n) is 4.85. The number of aliphatic carboxylic acids is 1. The number of amides is 1. The first-order valence-electron chi connectivity index (χ1n) is 6.67. The van der Waals surface area contributed by atoms with Crippen molar-refractivity contribution in [1.82, 2.24) is 10.3 Å². The summed E-state index contributed by atoms with van der Waals surface area (Å²) in [5.74, 6) is -1.37. The molecule has 1 heterocycles. The number of aromatic nitrogens is 1. The first kappa shape index (κ1) is 16.0. The molecule has 0 radical (unpaired) electrons. The summed E-state index contributed by atoms with van der Waals surface area (Å²) in [4.78, 5) is 27.2. The smallest absolute Gasteiger partial charge is 0.305 e. The first-order valence-corrected chi connectivity index (χ1v) is 7.05. The van der Waals surface area contributed by atoms with Crippen LogP contribution in [0.2, 0.25) is 5.15 Å². The lowest BCUT2D eigenvalue weighted by atomic mass is 9.98. The lowest BCUT2D eigenvalue weighted by molar-refractivity contribution is -0.137. The summed E-state index contributed by atoms with van der Waals surface area (Å²) in [6.07, 6.45) is 1.23. The molecule has 0 saturated heterocycles. The molecule has 2 N–H and O–H groups in total. The number of rotatable bonds is 5. The van der Waals surface area contributed by atoms with Crippen molar-refractivity contribution in [3.63, 3.8) is 0 Å². The van der Waals surface area contributed by atoms with Gasteiger partial charge in [-0.25, -0.2) is 4.98 Å². The third-order valence-electron chi connectivity index (χ3n) is 3.24. The van der Waals surface area contributed by atoms with Crippen LogP contribution < -0.4 is 5.32 Å². The van der Waals surface area contributed by atoms with Gasteiger partial charge in [0, 0.05) is 11.8 Å². The van der Waals surface area contributed by atoms with Crippen molar-refractivity contribution in [3.8, 4) is 0 Å². The average molecular weight is 319 g/mol. The number of hydrogen-bond acceptors (Lipinski definition) is 3. The molecule has 2 rings (SSSR count). The Balaban J connectivity index is 2.25. The minimum atomic E-state index is -0.985. The van der Waals surface area contributed by atoms with Crippen LogP contribution in [0.4, 0.5) is 0 Å². The molecular formula is C16H15ClN2O3. The van der Waals surface area contributed by atoms with Crippen LogP contribution in [0.3, 0.4) is 0 Å². The minimum Gasteiger partial charge on any atom is -0.481 e. The monoisotopic (exact) mass is 318 g/mol. The van der Waals surface area contributed by atoms with Crippen LogP contribution in [0.5, 0.6) is 0 Å². The van der Waals surface area contributed by atoms with Gasteiger partial charge in [-0.15, -0.1) is 0 Å². The van der Waals surface area contributed by atoms with E-state index in [2.05, 4.69) is 10.3 Å². The summed E-state index contributed by atoms with van der Waals surface area (Å²) in [6, 6.07) is 9.71. The lowest BCUT2D eigenvalue weighted by Crippen LogP contribution is -2.30. The quantitative estimate of drug-likeness (QED) is 0.831. The normalized spacial score (nSPS) is 11.7. The molecule has 0 aliphatic carbocycles. The van der Waals surface area contributed by atoms with Crippen molar-refractivity contribution in [2.45, 2.75) is 19.4 Å². The van der Waals surface area contributed by atoms with Crippen molar-refractivity contribution in [2.24, 2.45) is 0 Å². The molecule has 1 atom stereocenters. The Hall–Kier alpha value is -2.40. The zero-order valence-corrected chi connectivity index (χ0v) is 12.7. The van der Waals surface area contributed by atoms with Crippen LogP contribution in [-0.4, -0.2) is 22.0 Å². The van der Waals surface area contributed by atoms with E-state index in [0.29, 0.717) is 5.56 Å². The van der Waals surface area contributed by atoms with Crippen LogP contribution in [0.1, 0.15) is 33.9 Å². The molecule has 0 fully saturated rings. The van der Waals surface area contributed by atoms with Crippen molar-refractivity contribution >= 4 is 23.5 Å². The van der Waals surface area contributed by atoms with E-state index in [9.17, 15) is 9.59 Å². The number of carboxylic acid groups (broad SMARTS) is 1. The molecule has 5 nitrogen and oxygen atoms in total. The summed E-state index contributed by atoms with van der Waals surface area (Å²) in [6.45, 7) is 1.87. The molecule has 2 aromatic rings. The number of pyridine rings is 1. The highest BCUT2D eigenvalue weighted by Crippen LogP contribution is 2.21. The number of aryl methyl sites for hydroxylation is 1. The van der Waals surface area contributed by atoms with E-state index in [4.69, 9.17) is 16.7 Å². The highest BCUT2D eigenvalue weighted by Gasteiger charge is 2.20. The fraction of sp³-hybridized carbons (Fsp3) is 0.188. The van der Waals surface area contributed by atoms with Crippen molar-refractivity contribution < 1.29 is 14.7 Å². The van der Waals surface area contributed by atoms with E-state index < -0.39 is 12.0 Å². The summed E-state index contributed by atoms with van der Waals surface area (Å²) < 4.78 is 0. The van der Waals surface area contributed by atoms with Gasteiger partial charge >= 0.3 is 5.97 Å². The van der Waals surface area contributed by atoms with E-state index in [-0.39, 0.29) is 17.5 Å². The molecular weight excluding hydrogens is 304 g/mol. The van der Waals surface area contributed by atoms with Crippen LogP contribution in [0, 0.1) is 6.92 Å². The van der Waals surface area contributed by atoms with Crippen molar-refractivity contribution in [1.29, 1.82) is 0 Å². The molecule has 0 unspecified atom stereocenters. The van der Waals surface area contributed by atoms with Gasteiger partial charge in [-0.2, -0.15) is 0 Å². The molecule has 22 heavy (non-hydrogen) atoms. The second-order valence-corrected chi connectivity index (χ2v) is 5.23. The number of hydrogen-bond donors (Lipinski definition) is 2. The highest BCUT2D eigenvalue weighted by atomic mass is 35.5. The Labute approximate surface area is 133 Å². The van der Waals surface area contributed by atoms with Gasteiger partial charge in [0.25, 0.3) is 5.91 Å². The molecule has 6 heteroatoms. The Morgan fingerprint density at radius 2 is 2.05 bits per heavy atom. The maximum Gasteiger partial charge on any atom is 0.305 e. The van der Waals surface area contributed by atoms with Gasteiger partial charge in [-0.1, -0.05) is 35.9 Å². The van der Waals surface area contributed by atoms with Gasteiger partial charge in [0.1, 0.15) is 5.15 Å². The Morgan fingerprint density at radius 3 is 2.68 bits per heavy atom. The van der Waals surface area contributed by atoms with E-state index in [1.807, 2.05) is 31.2 Å². The fourth-order valence-electron chi connectivity index (χ4n) is 2.18. The number of halogens is 1. The Bertz CT molecular complexity index is 703. The van der Waals surface area contributed by atoms with Gasteiger partial charge in [0.15, 0.2) is 0 Å². The molecule has 0 bridgehead atoms. The number of nitrogens with one attached hydrogen (secondary N) is 1. The molecule has 1 aromatic heterocycles. The number of carbonyl (C=O) groups excluding carboxylic acids is 1. The summed E-state index contributed by atoms with van der Waals surface area (Å²) in [7, 11) is 0. The van der Waals surface area contributed by atoms with E-state index in [1.54, 1.807) is 0 Å². The zero-order chi connectivity index (χ0) is 16.1. The second kappa shape index (κ2) is 7.04. The third-order valence-corrected chi connectivity index (χ3v) is 3.44. The predicted molar refractivity (Wildman–Crippen MR) is 82.9 cm³/mol. The van der Waals surface area contributed by atoms with Crippen molar-refractivity contribution in [2.75, 3.05) is 0 Å². The largest absolute Gasteiger partial charge is 0.481 e. The summed E-state index contributed by atoms with van der Waals surface area (Å²) >= 11 is 5.77. The minimum absolute atomic E-state index is 0.199. The van der Waals surface area contributed by atoms with Gasteiger partial charge < -0.3 is 10.4 Å². The van der Waals surface area contributed by atoms with Crippen LogP contribution in [-0.2, 0) is 4.79 Å². The topological polar surface area (TPSA) is 79.3 Å². The standard InChI is InChI=1S/C16H15ClN2O3/c1-10-4-2-3-5-12(10)13(9-15(20)21)19-16(22)11-6-7-18-14(17)8-11/h2-8,13H,9H2,1H3,(H,19,22)(H,20,21)/t13-/m0/s1. The number of carboxylic acids is 1. The van der Waals surface area contributed by atoms with Gasteiger partial charge in [-0.3, -0.25) is 9.59 Å². The van der Waals surface area contributed by atoms with Gasteiger partial charge in [0.2, 0.25) is 0 Å². The lowest BCUT2D eigenvalue weighted by Gasteiger charge is -2.19. The van der Waals surface area contributed by atoms with Crippen molar-refractivity contribution in [3.05, 3.63) is 64.4 Å². The average Bonchev–Trinajstić information content (AvgIpc) is 2.46. The fourth-order valence-corrected chi connectivity index (χ4v) is 2.35. The van der Waals surface area contributed by atoms with Crippen LogP contribution in [0.25, 0.3) is 0 Å². The number of benzene rings is 1. The van der Waals surface area contributed by atoms with E-state index in [0.717, 1.165) is 11.1 Å². The maximum absolute atomic E-state index is 12.3. The number of nitrogens with zero attached hydrogens (tertiary/aromatic N) is 1. The van der Waals surface area contributed by atoms with Crippen LogP contribution in [0.15, 0.2) is 42.6 Å². The Morgan fingerprint density at radius 1 is 1.32 bits per heavy atom. The molecule has 0 spiro atoms. The summed E-state index contributed by atoms with van der Waals surface area (Å²) in [5.41, 5.74) is 2.03. The van der Waals surface area contributed by atoms with E-state index >= 15 is 0 Å². The molecule has 1 amide bonds. The predicted octanol–water partition coefficient (Wildman–Crippen LogP) is 2.99. The van der Waals surface area contributed by atoms with Gasteiger partial charge in [-0.05, 0) is 30.2 Å². The molecule has 0 aliphatic heterocycles. The molecule has 0 aliphatic rings.